The molecule has 1 saturated heterocycles. The van der Waals surface area contributed by atoms with Crippen molar-refractivity contribution in [3.8, 4) is 0 Å². The molecule has 1 heterocycles. The number of esters is 1. The Bertz CT molecular complexity index is 1450. The van der Waals surface area contributed by atoms with Gasteiger partial charge in [0.15, 0.2) is 6.10 Å². The van der Waals surface area contributed by atoms with Crippen LogP contribution in [0.4, 0.5) is 0 Å². The fourth-order valence-corrected chi connectivity index (χ4v) is 12.7. The maximum Gasteiger partial charge on any atom is 0.335 e. The van der Waals surface area contributed by atoms with Crippen LogP contribution < -0.4 is 0 Å². The first-order chi connectivity index (χ1) is 25.1. The number of carbonyl (C=O) groups excluding carboxylic acids is 1. The lowest BCUT2D eigenvalue weighted by molar-refractivity contribution is -0.258. The van der Waals surface area contributed by atoms with Crippen molar-refractivity contribution in [1.82, 2.24) is 0 Å². The van der Waals surface area contributed by atoms with Crippen LogP contribution in [0.25, 0.3) is 0 Å². The van der Waals surface area contributed by atoms with Crippen molar-refractivity contribution in [3.05, 3.63) is 11.6 Å². The summed E-state index contributed by atoms with van der Waals surface area (Å²) >= 11 is 0. The topological polar surface area (TPSA) is 224 Å². The second kappa shape index (κ2) is 14.6. The molecule has 6 aliphatic rings. The quantitative estimate of drug-likeness (QED) is 0.125. The minimum Gasteiger partial charge on any atom is -0.479 e. The fraction of sp³-hybridized carbons (Fsp3) is 0.902. The predicted octanol–water partition coefficient (Wildman–Crippen LogP) is 2.19. The van der Waals surface area contributed by atoms with Gasteiger partial charge in [0.2, 0.25) is 0 Å². The number of aliphatic hydroxyl groups is 7. The molecule has 1 aliphatic heterocycles. The van der Waals surface area contributed by atoms with Crippen molar-refractivity contribution in [2.24, 2.45) is 56.7 Å². The molecule has 18 atom stereocenters. The Morgan fingerprint density at radius 3 is 2.20 bits per heavy atom. The summed E-state index contributed by atoms with van der Waals surface area (Å²) in [4.78, 5) is 24.6. The maximum atomic E-state index is 13.0. The summed E-state index contributed by atoms with van der Waals surface area (Å²) in [5.74, 6) is -2.25. The third-order valence-corrected chi connectivity index (χ3v) is 16.4. The Morgan fingerprint density at radius 2 is 1.57 bits per heavy atom. The second-order valence-corrected chi connectivity index (χ2v) is 19.5. The fourth-order valence-electron chi connectivity index (χ4n) is 12.7. The van der Waals surface area contributed by atoms with E-state index in [4.69, 9.17) is 14.2 Å². The van der Waals surface area contributed by atoms with Gasteiger partial charge in [-0.25, -0.2) is 4.79 Å². The van der Waals surface area contributed by atoms with E-state index in [1.165, 1.54) is 5.57 Å². The number of hydrogen-bond acceptors (Lipinski definition) is 12. The molecular formula is C41H66O13. The van der Waals surface area contributed by atoms with Crippen LogP contribution in [0.3, 0.4) is 0 Å². The molecule has 8 N–H and O–H groups in total. The van der Waals surface area contributed by atoms with Gasteiger partial charge in [-0.2, -0.15) is 0 Å². The number of fused-ring (bicyclic) bond motifs is 7. The summed E-state index contributed by atoms with van der Waals surface area (Å²) in [6.07, 6.45) is -4.32. The highest BCUT2D eigenvalue weighted by Gasteiger charge is 2.70. The molecule has 6 rings (SSSR count). The van der Waals surface area contributed by atoms with Gasteiger partial charge in [-0.1, -0.05) is 60.1 Å². The first kappa shape index (κ1) is 41.9. The highest BCUT2D eigenvalue weighted by atomic mass is 16.6. The first-order valence-corrected chi connectivity index (χ1v) is 20.2. The molecule has 0 radical (unpaired) electrons. The Morgan fingerprint density at radius 1 is 0.907 bits per heavy atom. The van der Waals surface area contributed by atoms with Gasteiger partial charge in [0, 0.05) is 5.41 Å². The van der Waals surface area contributed by atoms with Gasteiger partial charge in [0.25, 0.3) is 0 Å². The minimum absolute atomic E-state index is 0.00564. The molecular weight excluding hydrogens is 700 g/mol. The SMILES string of the molecule is CC[C@@H](C)C(=O)OC[C@@]12[C@@H](O)C[C@@H]3C(=CC[C@@H]4[C@@]5(C)CC[C@H](OC[C@@H]6O[C@H](C(=O)O)[C@@H](O)[C@H](O)[C@H]6O)[C@@](C)(CO)[C@@H]5CC[C@]43C)[C@@H]1CC(C)(C)[C@@H](O)[C@@H]2O. The number of ether oxygens (including phenoxy) is 3. The van der Waals surface area contributed by atoms with Crippen LogP contribution in [-0.2, 0) is 23.8 Å². The average Bonchev–Trinajstić information content (AvgIpc) is 3.12. The Balaban J connectivity index is 1.27. The molecule has 54 heavy (non-hydrogen) atoms. The Kier molecular flexibility index (Phi) is 11.3. The smallest absolute Gasteiger partial charge is 0.335 e. The summed E-state index contributed by atoms with van der Waals surface area (Å²) in [6, 6.07) is 0. The molecule has 0 unspecified atom stereocenters. The molecule has 0 aromatic heterocycles. The lowest BCUT2D eigenvalue weighted by Gasteiger charge is -2.69. The summed E-state index contributed by atoms with van der Waals surface area (Å²) in [6.45, 7) is 13.7. The number of carboxylic acid groups (broad SMARTS) is 1. The number of carboxylic acids is 1. The number of aliphatic hydroxyl groups excluding tert-OH is 7. The van der Waals surface area contributed by atoms with Gasteiger partial charge in [-0.3, -0.25) is 4.79 Å². The molecule has 0 bridgehead atoms. The zero-order chi connectivity index (χ0) is 39.9. The van der Waals surface area contributed by atoms with Crippen LogP contribution in [0.15, 0.2) is 11.6 Å². The molecule has 0 spiro atoms. The molecule has 4 saturated carbocycles. The van der Waals surface area contributed by atoms with Gasteiger partial charge >= 0.3 is 11.9 Å². The van der Waals surface area contributed by atoms with Crippen molar-refractivity contribution < 1.29 is 64.7 Å². The summed E-state index contributed by atoms with van der Waals surface area (Å²) in [5, 5.41) is 87.3. The van der Waals surface area contributed by atoms with E-state index in [0.717, 1.165) is 25.7 Å². The van der Waals surface area contributed by atoms with Crippen LogP contribution in [0, 0.1) is 56.7 Å². The van der Waals surface area contributed by atoms with Crippen molar-refractivity contribution in [2.75, 3.05) is 19.8 Å². The summed E-state index contributed by atoms with van der Waals surface area (Å²) < 4.78 is 17.8. The van der Waals surface area contributed by atoms with Gasteiger partial charge in [0.1, 0.15) is 31.0 Å². The van der Waals surface area contributed by atoms with Crippen LogP contribution in [0.1, 0.15) is 99.8 Å². The van der Waals surface area contributed by atoms with Crippen molar-refractivity contribution in [3.63, 3.8) is 0 Å². The monoisotopic (exact) mass is 766 g/mol. The van der Waals surface area contributed by atoms with Crippen LogP contribution in [-0.4, -0.2) is 128 Å². The van der Waals surface area contributed by atoms with Crippen molar-refractivity contribution in [2.45, 2.75) is 155 Å². The number of aliphatic carboxylic acids is 1. The molecule has 13 nitrogen and oxygen atoms in total. The van der Waals surface area contributed by atoms with E-state index in [1.807, 2.05) is 27.7 Å². The summed E-state index contributed by atoms with van der Waals surface area (Å²) in [5.41, 5.74) is -1.87. The number of rotatable bonds is 9. The van der Waals surface area contributed by atoms with Gasteiger partial charge in [0.05, 0.1) is 49.0 Å². The standard InChI is InChI=1S/C41H66O13/c1-8-20(2)36(51)53-19-41-23(16-37(3,4)33(47)34(41)48)21-9-10-25-38(5,22(21)15-27(41)43)13-11-26-39(25,6)14-12-28(40(26,7)18-42)52-17-24-29(44)30(45)31(46)32(54-24)35(49)50/h9,20,22-34,42-48H,8,10-19H2,1-7H3,(H,49,50)/t20-,22-,23+,24+,25+,26-,27+,28+,29+,30-,31+,32+,33+,34+,38+,39-,40+,41+/m1/s1. The maximum absolute atomic E-state index is 13.0. The zero-order valence-electron chi connectivity index (χ0n) is 33.1. The largest absolute Gasteiger partial charge is 0.479 e. The molecule has 5 aliphatic carbocycles. The van der Waals surface area contributed by atoms with Gasteiger partial charge < -0.3 is 55.1 Å². The molecule has 0 aromatic rings. The summed E-state index contributed by atoms with van der Waals surface area (Å²) in [7, 11) is 0. The predicted molar refractivity (Wildman–Crippen MR) is 194 cm³/mol. The highest BCUT2D eigenvalue weighted by Crippen LogP contribution is 2.72. The van der Waals surface area contributed by atoms with Gasteiger partial charge in [-0.15, -0.1) is 0 Å². The van der Waals surface area contributed by atoms with Crippen LogP contribution >= 0.6 is 0 Å². The normalized spacial score (nSPS) is 50.3. The Labute approximate surface area is 319 Å². The Hall–Kier alpha value is -1.68. The van der Waals surface area contributed by atoms with E-state index in [0.29, 0.717) is 25.7 Å². The molecule has 308 valence electrons. The van der Waals surface area contributed by atoms with E-state index in [-0.39, 0.29) is 66.2 Å². The van der Waals surface area contributed by atoms with E-state index >= 15 is 0 Å². The lowest BCUT2D eigenvalue weighted by Crippen LogP contribution is -2.70. The minimum atomic E-state index is -1.79. The van der Waals surface area contributed by atoms with Crippen molar-refractivity contribution in [1.29, 1.82) is 0 Å². The lowest BCUT2D eigenvalue weighted by atomic mass is 9.36. The zero-order valence-corrected chi connectivity index (χ0v) is 33.1. The number of carbonyl (C=O) groups is 2. The van der Waals surface area contributed by atoms with E-state index in [1.54, 1.807) is 6.92 Å². The van der Waals surface area contributed by atoms with Crippen molar-refractivity contribution >= 4 is 11.9 Å². The third-order valence-electron chi connectivity index (χ3n) is 16.4. The number of allylic oxidation sites excluding steroid dienone is 2. The van der Waals surface area contributed by atoms with E-state index in [9.17, 15) is 50.4 Å². The third kappa shape index (κ3) is 6.22. The molecule has 0 aromatic carbocycles. The second-order valence-electron chi connectivity index (χ2n) is 19.5. The van der Waals surface area contributed by atoms with Gasteiger partial charge in [-0.05, 0) is 91.3 Å². The van der Waals surface area contributed by atoms with E-state index < -0.39 is 77.1 Å². The molecule has 0 amide bonds. The first-order valence-electron chi connectivity index (χ1n) is 20.2. The van der Waals surface area contributed by atoms with E-state index in [2.05, 4.69) is 19.9 Å². The highest BCUT2D eigenvalue weighted by molar-refractivity contribution is 5.73. The van der Waals surface area contributed by atoms with Crippen LogP contribution in [0.2, 0.25) is 0 Å². The van der Waals surface area contributed by atoms with Crippen LogP contribution in [0.5, 0.6) is 0 Å². The average molecular weight is 767 g/mol. The molecule has 5 fully saturated rings. The number of hydrogen-bond donors (Lipinski definition) is 8. The molecule has 13 heteroatoms.